The normalized spacial score (nSPS) is 14.7. The van der Waals surface area contributed by atoms with Gasteiger partial charge in [-0.3, -0.25) is 14.5 Å². The number of imidazole rings is 1. The van der Waals surface area contributed by atoms with Gasteiger partial charge in [0, 0.05) is 37.8 Å². The van der Waals surface area contributed by atoms with Gasteiger partial charge in [0.15, 0.2) is 22.5 Å². The first-order valence-corrected chi connectivity index (χ1v) is 15.9. The summed E-state index contributed by atoms with van der Waals surface area (Å²) in [5, 5.41) is 2.97. The highest BCUT2D eigenvalue weighted by atomic mass is 35.5. The van der Waals surface area contributed by atoms with Crippen LogP contribution in [0.5, 0.6) is 0 Å². The molecule has 0 bridgehead atoms. The van der Waals surface area contributed by atoms with E-state index in [1.165, 1.54) is 6.20 Å². The summed E-state index contributed by atoms with van der Waals surface area (Å²) >= 11 is 5.89. The van der Waals surface area contributed by atoms with E-state index in [2.05, 4.69) is 29.3 Å². The van der Waals surface area contributed by atoms with E-state index in [0.29, 0.717) is 51.1 Å². The minimum atomic E-state index is -2.14. The third-order valence-electron chi connectivity index (χ3n) is 6.65. The Balaban J connectivity index is 1.56. The molecule has 0 atom stereocenters. The van der Waals surface area contributed by atoms with E-state index in [1.807, 2.05) is 36.9 Å². The summed E-state index contributed by atoms with van der Waals surface area (Å²) in [5.74, 6) is 0.410. The first kappa shape index (κ1) is 28.0. The molecule has 3 heterocycles. The van der Waals surface area contributed by atoms with Crippen LogP contribution in [0.4, 0.5) is 5.82 Å². The van der Waals surface area contributed by atoms with Crippen LogP contribution in [0.2, 0.25) is 5.15 Å². The van der Waals surface area contributed by atoms with Gasteiger partial charge in [-0.25, -0.2) is 19.1 Å². The number of hydrogen-bond donors (Lipinski definition) is 2. The molecule has 0 aliphatic carbocycles. The zero-order valence-electron chi connectivity index (χ0n) is 22.3. The van der Waals surface area contributed by atoms with Crippen LogP contribution in [-0.4, -0.2) is 81.9 Å². The molecule has 38 heavy (non-hydrogen) atoms. The Kier molecular flexibility index (Phi) is 8.40. The zero-order chi connectivity index (χ0) is 27.6. The lowest BCUT2D eigenvalue weighted by atomic mass is 10.1. The average Bonchev–Trinajstić information content (AvgIpc) is 3.19. The van der Waals surface area contributed by atoms with Gasteiger partial charge in [0.25, 0.3) is 17.6 Å². The number of fused-ring (bicyclic) bond motifs is 1. The van der Waals surface area contributed by atoms with Crippen molar-refractivity contribution in [2.75, 3.05) is 51.5 Å². The molecule has 1 aliphatic rings. The third kappa shape index (κ3) is 6.00. The number of aromatic nitrogens is 4. The second-order valence-electron chi connectivity index (χ2n) is 9.84. The molecule has 4 rings (SSSR count). The van der Waals surface area contributed by atoms with E-state index in [4.69, 9.17) is 17.3 Å². The monoisotopic (exact) mass is 561 g/mol. The van der Waals surface area contributed by atoms with Crippen LogP contribution in [0.15, 0.2) is 24.4 Å². The van der Waals surface area contributed by atoms with E-state index in [0.717, 1.165) is 16.9 Å². The van der Waals surface area contributed by atoms with Crippen molar-refractivity contribution in [3.8, 4) is 0 Å². The van der Waals surface area contributed by atoms with Gasteiger partial charge < -0.3 is 20.5 Å². The maximum absolute atomic E-state index is 13.4. The van der Waals surface area contributed by atoms with E-state index in [9.17, 15) is 14.2 Å². The standard InChI is InChI=1S/C25H34ClN8O3P/c1-5-33-18-8-7-17(25(36)32-11-9-31(10-12-32)16-38(3,4)37)13-19(18)34(6-2)21(33)15-29-24(35)22-23(27)28-14-20(26)30-22/h7-8,13-14H,5-6,9-12,15-16H2,1-4H3,(H2-,27,28,29,35)/p+1. The highest BCUT2D eigenvalue weighted by molar-refractivity contribution is 7.62. The van der Waals surface area contributed by atoms with Gasteiger partial charge >= 0.3 is 0 Å². The lowest BCUT2D eigenvalue weighted by Gasteiger charge is -2.35. The predicted molar refractivity (Wildman–Crippen MR) is 148 cm³/mol. The third-order valence-corrected chi connectivity index (χ3v) is 7.92. The maximum Gasteiger partial charge on any atom is 0.277 e. The van der Waals surface area contributed by atoms with Crippen molar-refractivity contribution in [3.05, 3.63) is 46.6 Å². The van der Waals surface area contributed by atoms with Crippen molar-refractivity contribution in [2.24, 2.45) is 0 Å². The largest absolute Gasteiger partial charge is 0.382 e. The number of halogens is 1. The van der Waals surface area contributed by atoms with Crippen molar-refractivity contribution in [1.29, 1.82) is 0 Å². The van der Waals surface area contributed by atoms with Crippen LogP contribution >= 0.6 is 18.7 Å². The summed E-state index contributed by atoms with van der Waals surface area (Å²) in [4.78, 5) is 38.1. The van der Waals surface area contributed by atoms with Gasteiger partial charge in [-0.2, -0.15) is 0 Å². The molecule has 0 unspecified atom stereocenters. The van der Waals surface area contributed by atoms with Gasteiger partial charge in [-0.15, -0.1) is 0 Å². The van der Waals surface area contributed by atoms with E-state index in [-0.39, 0.29) is 29.1 Å². The second-order valence-corrected chi connectivity index (χ2v) is 13.7. The molecule has 1 aromatic carbocycles. The molecule has 1 aliphatic heterocycles. The summed E-state index contributed by atoms with van der Waals surface area (Å²) < 4.78 is 16.4. The number of nitrogen functional groups attached to an aromatic ring is 1. The van der Waals surface area contributed by atoms with E-state index >= 15 is 0 Å². The molecular weight excluding hydrogens is 527 g/mol. The van der Waals surface area contributed by atoms with Gasteiger partial charge in [-0.05, 0) is 39.3 Å². The van der Waals surface area contributed by atoms with Gasteiger partial charge in [0.1, 0.15) is 11.7 Å². The van der Waals surface area contributed by atoms with Crippen LogP contribution < -0.4 is 15.6 Å². The van der Waals surface area contributed by atoms with Crippen LogP contribution in [0, 0.1) is 0 Å². The number of carbonyl (C=O) groups excluding carboxylic acids is 2. The Morgan fingerprint density at radius 2 is 1.89 bits per heavy atom. The first-order chi connectivity index (χ1) is 18.0. The average molecular weight is 562 g/mol. The predicted octanol–water partition coefficient (Wildman–Crippen LogP) is 2.26. The fourth-order valence-electron chi connectivity index (χ4n) is 4.96. The Labute approximate surface area is 227 Å². The van der Waals surface area contributed by atoms with E-state index in [1.54, 1.807) is 13.3 Å². The second kappa shape index (κ2) is 11.4. The Hall–Kier alpha value is -3.01. The number of anilines is 1. The van der Waals surface area contributed by atoms with E-state index < -0.39 is 13.0 Å². The number of benzene rings is 1. The quantitative estimate of drug-likeness (QED) is 0.319. The minimum absolute atomic E-state index is 0.00805. The minimum Gasteiger partial charge on any atom is -0.382 e. The summed E-state index contributed by atoms with van der Waals surface area (Å²) in [5.41, 5.74) is 8.32. The molecule has 0 radical (unpaired) electrons. The molecule has 2 amide bonds. The number of piperazine rings is 1. The van der Waals surface area contributed by atoms with Crippen LogP contribution in [0.25, 0.3) is 11.0 Å². The maximum atomic E-state index is 13.4. The summed E-state index contributed by atoms with van der Waals surface area (Å²) in [6.07, 6.45) is 1.87. The van der Waals surface area contributed by atoms with Crippen molar-refractivity contribution < 1.29 is 18.7 Å². The SMILES string of the molecule is CCn1c(CNC(=O)c2nc(Cl)cnc2N)[n+](CC)c2cc(C(=O)N3CCN(CP(C)(C)=O)CC3)ccc21. The van der Waals surface area contributed by atoms with Crippen LogP contribution in [0.3, 0.4) is 0 Å². The molecule has 11 nitrogen and oxygen atoms in total. The zero-order valence-corrected chi connectivity index (χ0v) is 23.9. The number of nitrogens with zero attached hydrogens (tertiary/aromatic N) is 6. The lowest BCUT2D eigenvalue weighted by molar-refractivity contribution is -0.676. The van der Waals surface area contributed by atoms with Gasteiger partial charge in [0.2, 0.25) is 0 Å². The van der Waals surface area contributed by atoms with Crippen molar-refractivity contribution in [1.82, 2.24) is 29.7 Å². The molecule has 1 fully saturated rings. The Bertz CT molecular complexity index is 1410. The number of nitrogens with one attached hydrogen (secondary N) is 1. The molecule has 2 aromatic heterocycles. The lowest BCUT2D eigenvalue weighted by Crippen LogP contribution is -2.48. The van der Waals surface area contributed by atoms with Crippen LogP contribution in [0.1, 0.15) is 40.5 Å². The van der Waals surface area contributed by atoms with Crippen molar-refractivity contribution in [3.63, 3.8) is 0 Å². The first-order valence-electron chi connectivity index (χ1n) is 12.7. The number of rotatable bonds is 8. The topological polar surface area (TPSA) is 130 Å². The number of amides is 2. The van der Waals surface area contributed by atoms with Crippen molar-refractivity contribution in [2.45, 2.75) is 33.5 Å². The Morgan fingerprint density at radius 1 is 1.18 bits per heavy atom. The molecule has 13 heteroatoms. The fraction of sp³-hybridized carbons (Fsp3) is 0.480. The van der Waals surface area contributed by atoms with Crippen molar-refractivity contribution >= 4 is 47.4 Å². The Morgan fingerprint density at radius 3 is 2.53 bits per heavy atom. The summed E-state index contributed by atoms with van der Waals surface area (Å²) in [6.45, 7) is 11.9. The fourth-order valence-corrected chi connectivity index (χ4v) is 6.34. The molecule has 204 valence electrons. The highest BCUT2D eigenvalue weighted by Gasteiger charge is 2.28. The number of aryl methyl sites for hydroxylation is 2. The van der Waals surface area contributed by atoms with Crippen LogP contribution in [-0.2, 0) is 24.2 Å². The summed E-state index contributed by atoms with van der Waals surface area (Å²) in [7, 11) is -2.14. The number of carbonyl (C=O) groups is 2. The number of hydrogen-bond acceptors (Lipinski definition) is 7. The molecule has 1 saturated heterocycles. The molecule has 3 aromatic rings. The van der Waals surface area contributed by atoms with Gasteiger partial charge in [0.05, 0.1) is 32.7 Å². The molecular formula is C25H35ClN8O3P+. The van der Waals surface area contributed by atoms with Gasteiger partial charge in [-0.1, -0.05) is 11.6 Å². The highest BCUT2D eigenvalue weighted by Crippen LogP contribution is 2.36. The summed E-state index contributed by atoms with van der Waals surface area (Å²) in [6, 6.07) is 5.75. The molecule has 3 N–H and O–H groups in total. The smallest absolute Gasteiger partial charge is 0.277 e. The molecule has 0 spiro atoms. The molecule has 0 saturated carbocycles. The number of nitrogens with two attached hydrogens (primary N) is 1.